The quantitative estimate of drug-likeness (QED) is 0.649. The number of hydrogen-bond acceptors (Lipinski definition) is 4. The molecule has 0 aliphatic carbocycles. The van der Waals surface area contributed by atoms with Gasteiger partial charge in [0.25, 0.3) is 0 Å². The summed E-state index contributed by atoms with van der Waals surface area (Å²) in [4.78, 5) is 7.87. The molecule has 1 N–H and O–H groups in total. The monoisotopic (exact) mass is 139 g/mol. The smallest absolute Gasteiger partial charge is 0.225 e. The molecule has 0 unspecified atom stereocenters. The zero-order chi connectivity index (χ0) is 7.40. The second-order valence-electron chi connectivity index (χ2n) is 1.67. The summed E-state index contributed by atoms with van der Waals surface area (Å²) < 4.78 is 4.87. The van der Waals surface area contributed by atoms with Crippen molar-refractivity contribution in [2.45, 2.75) is 0 Å². The van der Waals surface area contributed by atoms with Crippen LogP contribution >= 0.6 is 0 Å². The second-order valence-corrected chi connectivity index (χ2v) is 1.67. The lowest BCUT2D eigenvalue weighted by atomic mass is 10.6. The minimum absolute atomic E-state index is 0.569. The predicted molar refractivity (Wildman–Crippen MR) is 38.1 cm³/mol. The Morgan fingerprint density at radius 1 is 1.60 bits per heavy atom. The molecule has 1 aromatic rings. The van der Waals surface area contributed by atoms with Crippen LogP contribution in [0.5, 0.6) is 5.88 Å². The van der Waals surface area contributed by atoms with E-state index in [2.05, 4.69) is 15.3 Å². The van der Waals surface area contributed by atoms with Gasteiger partial charge in [-0.2, -0.15) is 4.98 Å². The van der Waals surface area contributed by atoms with Gasteiger partial charge in [-0.1, -0.05) is 0 Å². The van der Waals surface area contributed by atoms with Crippen LogP contribution in [0, 0.1) is 0 Å². The highest BCUT2D eigenvalue weighted by Crippen LogP contribution is 2.05. The number of anilines is 1. The molecule has 0 saturated heterocycles. The standard InChI is InChI=1S/C6H9N3O/c1-7-6-8-4-3-5(9-6)10-2/h3-4H,1-2H3,(H,7,8,9). The Hall–Kier alpha value is -1.32. The van der Waals surface area contributed by atoms with Crippen molar-refractivity contribution in [3.05, 3.63) is 12.3 Å². The Morgan fingerprint density at radius 2 is 2.40 bits per heavy atom. The highest BCUT2D eigenvalue weighted by atomic mass is 16.5. The van der Waals surface area contributed by atoms with Gasteiger partial charge in [-0.05, 0) is 0 Å². The largest absolute Gasteiger partial charge is 0.481 e. The van der Waals surface area contributed by atoms with Crippen molar-refractivity contribution in [2.24, 2.45) is 0 Å². The molecule has 1 rings (SSSR count). The summed E-state index contributed by atoms with van der Waals surface area (Å²) in [6.07, 6.45) is 1.64. The molecule has 4 nitrogen and oxygen atoms in total. The summed E-state index contributed by atoms with van der Waals surface area (Å²) in [7, 11) is 3.33. The van der Waals surface area contributed by atoms with Crippen molar-refractivity contribution in [1.82, 2.24) is 9.97 Å². The Kier molecular flexibility index (Phi) is 2.04. The van der Waals surface area contributed by atoms with Crippen LogP contribution < -0.4 is 10.1 Å². The fourth-order valence-corrected chi connectivity index (χ4v) is 0.576. The van der Waals surface area contributed by atoms with E-state index in [1.807, 2.05) is 0 Å². The minimum atomic E-state index is 0.569. The van der Waals surface area contributed by atoms with Crippen molar-refractivity contribution >= 4 is 5.95 Å². The van der Waals surface area contributed by atoms with Crippen molar-refractivity contribution in [1.29, 1.82) is 0 Å². The van der Waals surface area contributed by atoms with E-state index in [1.54, 1.807) is 26.4 Å². The maximum absolute atomic E-state index is 4.87. The molecule has 0 spiro atoms. The van der Waals surface area contributed by atoms with Gasteiger partial charge in [0.1, 0.15) is 0 Å². The van der Waals surface area contributed by atoms with E-state index in [1.165, 1.54) is 0 Å². The maximum Gasteiger partial charge on any atom is 0.225 e. The minimum Gasteiger partial charge on any atom is -0.481 e. The van der Waals surface area contributed by atoms with E-state index < -0.39 is 0 Å². The number of aromatic nitrogens is 2. The van der Waals surface area contributed by atoms with Crippen LogP contribution in [0.1, 0.15) is 0 Å². The number of ether oxygens (including phenoxy) is 1. The average molecular weight is 139 g/mol. The Labute approximate surface area is 59.3 Å². The van der Waals surface area contributed by atoms with E-state index in [0.717, 1.165) is 0 Å². The first-order chi connectivity index (χ1) is 4.86. The number of hydrogen-bond donors (Lipinski definition) is 1. The van der Waals surface area contributed by atoms with E-state index in [0.29, 0.717) is 11.8 Å². The SMILES string of the molecule is CNc1nccc(OC)n1. The van der Waals surface area contributed by atoms with Crippen molar-refractivity contribution in [2.75, 3.05) is 19.5 Å². The van der Waals surface area contributed by atoms with Gasteiger partial charge in [0.2, 0.25) is 11.8 Å². The van der Waals surface area contributed by atoms with Crippen LogP contribution in [0.3, 0.4) is 0 Å². The summed E-state index contributed by atoms with van der Waals surface area (Å²) in [5.74, 6) is 1.14. The number of nitrogens with zero attached hydrogens (tertiary/aromatic N) is 2. The van der Waals surface area contributed by atoms with Gasteiger partial charge in [0.05, 0.1) is 7.11 Å². The molecule has 4 heteroatoms. The topological polar surface area (TPSA) is 47.0 Å². The maximum atomic E-state index is 4.87. The first-order valence-corrected chi connectivity index (χ1v) is 2.91. The predicted octanol–water partition coefficient (Wildman–Crippen LogP) is 0.527. The van der Waals surface area contributed by atoms with E-state index in [4.69, 9.17) is 4.74 Å². The molecule has 0 amide bonds. The number of rotatable bonds is 2. The lowest BCUT2D eigenvalue weighted by Gasteiger charge is -1.99. The fourth-order valence-electron chi connectivity index (χ4n) is 0.576. The summed E-state index contributed by atoms with van der Waals surface area (Å²) in [5.41, 5.74) is 0. The Bertz CT molecular complexity index is 195. The molecule has 0 aliphatic rings. The normalized spacial score (nSPS) is 9.00. The van der Waals surface area contributed by atoms with Gasteiger partial charge >= 0.3 is 0 Å². The van der Waals surface area contributed by atoms with Gasteiger partial charge in [-0.25, -0.2) is 4.98 Å². The van der Waals surface area contributed by atoms with Gasteiger partial charge in [0, 0.05) is 19.3 Å². The van der Waals surface area contributed by atoms with E-state index >= 15 is 0 Å². The molecule has 10 heavy (non-hydrogen) atoms. The number of nitrogens with one attached hydrogen (secondary N) is 1. The Morgan fingerprint density at radius 3 is 3.00 bits per heavy atom. The summed E-state index contributed by atoms with van der Waals surface area (Å²) in [5, 5.41) is 2.80. The molecule has 0 saturated carbocycles. The van der Waals surface area contributed by atoms with Crippen LogP contribution in [0.15, 0.2) is 12.3 Å². The molecule has 0 atom stereocenters. The van der Waals surface area contributed by atoms with Gasteiger partial charge in [-0.3, -0.25) is 0 Å². The molecule has 0 bridgehead atoms. The zero-order valence-electron chi connectivity index (χ0n) is 5.96. The molecule has 0 fully saturated rings. The van der Waals surface area contributed by atoms with Gasteiger partial charge in [0.15, 0.2) is 0 Å². The summed E-state index contributed by atoms with van der Waals surface area (Å²) in [6.45, 7) is 0. The Balaban J connectivity index is 2.87. The van der Waals surface area contributed by atoms with Crippen molar-refractivity contribution in [3.8, 4) is 5.88 Å². The average Bonchev–Trinajstić information content (AvgIpc) is 2.05. The van der Waals surface area contributed by atoms with Crippen LogP contribution in [0.2, 0.25) is 0 Å². The third-order valence-corrected chi connectivity index (χ3v) is 1.06. The molecule has 0 radical (unpaired) electrons. The molecule has 0 aliphatic heterocycles. The number of methoxy groups -OCH3 is 1. The van der Waals surface area contributed by atoms with E-state index in [-0.39, 0.29) is 0 Å². The van der Waals surface area contributed by atoms with Crippen molar-refractivity contribution in [3.63, 3.8) is 0 Å². The highest BCUT2D eigenvalue weighted by molar-refractivity contribution is 5.25. The molecule has 0 aromatic carbocycles. The van der Waals surface area contributed by atoms with Crippen LogP contribution in [0.4, 0.5) is 5.95 Å². The third-order valence-electron chi connectivity index (χ3n) is 1.06. The summed E-state index contributed by atoms with van der Waals surface area (Å²) in [6, 6.07) is 1.70. The van der Waals surface area contributed by atoms with E-state index in [9.17, 15) is 0 Å². The third kappa shape index (κ3) is 1.34. The van der Waals surface area contributed by atoms with Gasteiger partial charge < -0.3 is 10.1 Å². The second kappa shape index (κ2) is 3.00. The molecular formula is C6H9N3O. The van der Waals surface area contributed by atoms with Crippen molar-refractivity contribution < 1.29 is 4.74 Å². The first-order valence-electron chi connectivity index (χ1n) is 2.91. The van der Waals surface area contributed by atoms with Crippen LogP contribution in [-0.2, 0) is 0 Å². The fraction of sp³-hybridized carbons (Fsp3) is 0.333. The lowest BCUT2D eigenvalue weighted by Crippen LogP contribution is -1.96. The van der Waals surface area contributed by atoms with Crippen LogP contribution in [0.25, 0.3) is 0 Å². The molecule has 1 heterocycles. The highest BCUT2D eigenvalue weighted by Gasteiger charge is 1.93. The lowest BCUT2D eigenvalue weighted by molar-refractivity contribution is 0.397. The molecule has 54 valence electrons. The molecular weight excluding hydrogens is 130 g/mol. The first kappa shape index (κ1) is 6.80. The van der Waals surface area contributed by atoms with Gasteiger partial charge in [-0.15, -0.1) is 0 Å². The van der Waals surface area contributed by atoms with Crippen LogP contribution in [-0.4, -0.2) is 24.1 Å². The zero-order valence-corrected chi connectivity index (χ0v) is 5.96. The summed E-state index contributed by atoms with van der Waals surface area (Å²) >= 11 is 0. The molecule has 1 aromatic heterocycles.